The van der Waals surface area contributed by atoms with Gasteiger partial charge >= 0.3 is 6.09 Å². The maximum absolute atomic E-state index is 11.1. The van der Waals surface area contributed by atoms with Crippen LogP contribution in [0.25, 0.3) is 0 Å². The summed E-state index contributed by atoms with van der Waals surface area (Å²) in [6.07, 6.45) is 4.50. The maximum Gasteiger partial charge on any atom is 0.407 e. The fourth-order valence-electron chi connectivity index (χ4n) is 2.56. The summed E-state index contributed by atoms with van der Waals surface area (Å²) in [7, 11) is 0. The summed E-state index contributed by atoms with van der Waals surface area (Å²) >= 11 is 0. The van der Waals surface area contributed by atoms with Gasteiger partial charge in [0.2, 0.25) is 5.91 Å². The van der Waals surface area contributed by atoms with Gasteiger partial charge < -0.3 is 15.7 Å². The van der Waals surface area contributed by atoms with Gasteiger partial charge in [0.05, 0.1) is 0 Å². The Morgan fingerprint density at radius 2 is 1.89 bits per heavy atom. The van der Waals surface area contributed by atoms with E-state index < -0.39 is 6.09 Å². The highest BCUT2D eigenvalue weighted by Gasteiger charge is 2.26. The minimum absolute atomic E-state index is 0.00447. The molecular weight excluding hydrogens is 232 g/mol. The number of nitrogens with two attached hydrogens (primary N) is 1. The van der Waals surface area contributed by atoms with Gasteiger partial charge in [-0.05, 0) is 38.0 Å². The van der Waals surface area contributed by atoms with Crippen molar-refractivity contribution < 1.29 is 14.7 Å². The Morgan fingerprint density at radius 3 is 2.33 bits per heavy atom. The summed E-state index contributed by atoms with van der Waals surface area (Å²) in [5.74, 6) is 0.165. The molecule has 1 rings (SSSR count). The van der Waals surface area contributed by atoms with Crippen LogP contribution in [-0.2, 0) is 4.79 Å². The van der Waals surface area contributed by atoms with E-state index in [9.17, 15) is 9.59 Å². The molecule has 0 radical (unpaired) electrons. The highest BCUT2D eigenvalue weighted by molar-refractivity contribution is 5.76. The molecular formula is C13H24N2O3. The van der Waals surface area contributed by atoms with E-state index in [0.717, 1.165) is 38.5 Å². The molecule has 0 aromatic carbocycles. The predicted octanol–water partition coefficient (Wildman–Crippen LogP) is 2.06. The normalized spacial score (nSPS) is 23.6. The molecule has 2 amide bonds. The summed E-state index contributed by atoms with van der Waals surface area (Å²) in [4.78, 5) is 23.7. The van der Waals surface area contributed by atoms with Gasteiger partial charge in [0.15, 0.2) is 0 Å². The van der Waals surface area contributed by atoms with Crippen LogP contribution in [0.2, 0.25) is 0 Å². The Balaban J connectivity index is 2.37. The quantitative estimate of drug-likeness (QED) is 0.763. The van der Waals surface area contributed by atoms with Crippen molar-refractivity contribution in [2.24, 2.45) is 17.6 Å². The van der Waals surface area contributed by atoms with Crippen LogP contribution in [0.15, 0.2) is 0 Å². The number of primary amides is 1. The van der Waals surface area contributed by atoms with Crippen molar-refractivity contribution in [3.63, 3.8) is 0 Å². The van der Waals surface area contributed by atoms with Crippen LogP contribution in [-0.4, -0.2) is 35.1 Å². The summed E-state index contributed by atoms with van der Waals surface area (Å²) < 4.78 is 0. The van der Waals surface area contributed by atoms with Crippen LogP contribution >= 0.6 is 0 Å². The van der Waals surface area contributed by atoms with E-state index >= 15 is 0 Å². The van der Waals surface area contributed by atoms with Gasteiger partial charge in [-0.3, -0.25) is 4.79 Å². The van der Waals surface area contributed by atoms with E-state index in [0.29, 0.717) is 19.0 Å². The number of amides is 2. The van der Waals surface area contributed by atoms with Crippen molar-refractivity contribution in [2.45, 2.75) is 45.4 Å². The first kappa shape index (κ1) is 14.8. The van der Waals surface area contributed by atoms with Gasteiger partial charge in [0.25, 0.3) is 0 Å². The molecule has 0 heterocycles. The molecule has 1 fully saturated rings. The first-order chi connectivity index (χ1) is 8.54. The third-order valence-electron chi connectivity index (χ3n) is 3.78. The summed E-state index contributed by atoms with van der Waals surface area (Å²) in [5, 5.41) is 9.12. The van der Waals surface area contributed by atoms with Crippen molar-refractivity contribution >= 4 is 12.0 Å². The zero-order valence-electron chi connectivity index (χ0n) is 11.1. The molecule has 0 aromatic heterocycles. The third kappa shape index (κ3) is 4.55. The number of unbranched alkanes of at least 4 members (excludes halogenated alkanes) is 1. The number of hydrogen-bond donors (Lipinski definition) is 2. The molecule has 0 aliphatic heterocycles. The molecule has 1 aliphatic carbocycles. The van der Waals surface area contributed by atoms with E-state index in [1.54, 1.807) is 0 Å². The zero-order chi connectivity index (χ0) is 13.5. The molecule has 0 atom stereocenters. The largest absolute Gasteiger partial charge is 0.465 e. The Kier molecular flexibility index (Phi) is 5.95. The maximum atomic E-state index is 11.1. The number of carboxylic acid groups (broad SMARTS) is 1. The second-order valence-corrected chi connectivity index (χ2v) is 5.20. The molecule has 0 spiro atoms. The van der Waals surface area contributed by atoms with E-state index in [1.807, 2.05) is 0 Å². The van der Waals surface area contributed by atoms with Crippen LogP contribution < -0.4 is 5.73 Å². The topological polar surface area (TPSA) is 83.6 Å². The Morgan fingerprint density at radius 1 is 1.28 bits per heavy atom. The van der Waals surface area contributed by atoms with Crippen LogP contribution in [0.4, 0.5) is 4.79 Å². The smallest absolute Gasteiger partial charge is 0.407 e. The second kappa shape index (κ2) is 7.24. The Labute approximate surface area is 108 Å². The monoisotopic (exact) mass is 256 g/mol. The van der Waals surface area contributed by atoms with Crippen molar-refractivity contribution in [2.75, 3.05) is 13.1 Å². The minimum Gasteiger partial charge on any atom is -0.465 e. The molecule has 18 heavy (non-hydrogen) atoms. The SMILES string of the molecule is CCCCN(CC1CCC(C(N)=O)CC1)C(=O)O. The van der Waals surface area contributed by atoms with E-state index in [1.165, 1.54) is 4.90 Å². The fourth-order valence-corrected chi connectivity index (χ4v) is 2.56. The molecule has 5 nitrogen and oxygen atoms in total. The lowest BCUT2D eigenvalue weighted by Gasteiger charge is -2.30. The van der Waals surface area contributed by atoms with Crippen LogP contribution in [0.1, 0.15) is 45.4 Å². The molecule has 0 bridgehead atoms. The number of hydrogen-bond acceptors (Lipinski definition) is 2. The molecule has 0 aromatic rings. The summed E-state index contributed by atoms with van der Waals surface area (Å²) in [6.45, 7) is 3.26. The molecule has 5 heteroatoms. The number of nitrogens with zero attached hydrogens (tertiary/aromatic N) is 1. The average Bonchev–Trinajstić information content (AvgIpc) is 2.34. The van der Waals surface area contributed by atoms with Crippen molar-refractivity contribution in [3.8, 4) is 0 Å². The van der Waals surface area contributed by atoms with E-state index in [4.69, 9.17) is 10.8 Å². The molecule has 0 saturated heterocycles. The van der Waals surface area contributed by atoms with Crippen LogP contribution in [0.3, 0.4) is 0 Å². The molecule has 1 aliphatic rings. The van der Waals surface area contributed by atoms with E-state index in [-0.39, 0.29) is 11.8 Å². The fraction of sp³-hybridized carbons (Fsp3) is 0.846. The first-order valence-corrected chi connectivity index (χ1v) is 6.81. The van der Waals surface area contributed by atoms with Gasteiger partial charge in [-0.15, -0.1) is 0 Å². The van der Waals surface area contributed by atoms with E-state index in [2.05, 4.69) is 6.92 Å². The lowest BCUT2D eigenvalue weighted by atomic mass is 9.81. The summed E-state index contributed by atoms with van der Waals surface area (Å²) in [6, 6.07) is 0. The zero-order valence-corrected chi connectivity index (χ0v) is 11.1. The number of rotatable bonds is 6. The molecule has 1 saturated carbocycles. The lowest BCUT2D eigenvalue weighted by Crippen LogP contribution is -2.37. The van der Waals surface area contributed by atoms with Gasteiger partial charge in [0, 0.05) is 19.0 Å². The second-order valence-electron chi connectivity index (χ2n) is 5.20. The summed E-state index contributed by atoms with van der Waals surface area (Å²) in [5.41, 5.74) is 5.28. The number of carbonyl (C=O) groups is 2. The predicted molar refractivity (Wildman–Crippen MR) is 69.1 cm³/mol. The lowest BCUT2D eigenvalue weighted by molar-refractivity contribution is -0.123. The van der Waals surface area contributed by atoms with Gasteiger partial charge in [0.1, 0.15) is 0 Å². The van der Waals surface area contributed by atoms with Gasteiger partial charge in [-0.25, -0.2) is 4.79 Å². The van der Waals surface area contributed by atoms with Crippen molar-refractivity contribution in [1.82, 2.24) is 4.90 Å². The average molecular weight is 256 g/mol. The minimum atomic E-state index is -0.833. The van der Waals surface area contributed by atoms with Gasteiger partial charge in [-0.1, -0.05) is 13.3 Å². The van der Waals surface area contributed by atoms with Gasteiger partial charge in [-0.2, -0.15) is 0 Å². The Bertz CT molecular complexity index is 286. The first-order valence-electron chi connectivity index (χ1n) is 6.81. The Hall–Kier alpha value is -1.26. The highest BCUT2D eigenvalue weighted by Crippen LogP contribution is 2.29. The number of carbonyl (C=O) groups excluding carboxylic acids is 1. The van der Waals surface area contributed by atoms with Crippen molar-refractivity contribution in [1.29, 1.82) is 0 Å². The molecule has 0 unspecified atom stereocenters. The van der Waals surface area contributed by atoms with Crippen LogP contribution in [0.5, 0.6) is 0 Å². The van der Waals surface area contributed by atoms with Crippen molar-refractivity contribution in [3.05, 3.63) is 0 Å². The third-order valence-corrected chi connectivity index (χ3v) is 3.78. The molecule has 104 valence electrons. The standard InChI is InChI=1S/C13H24N2O3/c1-2-3-8-15(13(17)18)9-10-4-6-11(7-5-10)12(14)16/h10-11H,2-9H2,1H3,(H2,14,16)(H,17,18). The van der Waals surface area contributed by atoms with Crippen LogP contribution in [0, 0.1) is 11.8 Å². The molecule has 3 N–H and O–H groups in total. The highest BCUT2D eigenvalue weighted by atomic mass is 16.4.